The van der Waals surface area contributed by atoms with Crippen LogP contribution >= 0.6 is 0 Å². The molecule has 0 saturated heterocycles. The second kappa shape index (κ2) is 10.7. The molecule has 0 fully saturated rings. The zero-order valence-corrected chi connectivity index (χ0v) is 9.72. The molecule has 0 rings (SSSR count). The van der Waals surface area contributed by atoms with Gasteiger partial charge in [-0.15, -0.1) is 0 Å². The summed E-state index contributed by atoms with van der Waals surface area (Å²) in [5, 5.41) is 0. The van der Waals surface area contributed by atoms with E-state index in [-0.39, 0.29) is 0 Å². The van der Waals surface area contributed by atoms with E-state index in [0.717, 1.165) is 11.8 Å². The molecule has 0 saturated carbocycles. The molecule has 0 aromatic rings. The molecule has 0 heterocycles. The van der Waals surface area contributed by atoms with Crippen LogP contribution in [0, 0.1) is 11.8 Å². The molecule has 0 atom stereocenters. The highest BCUT2D eigenvalue weighted by molar-refractivity contribution is 4.68. The van der Waals surface area contributed by atoms with Crippen LogP contribution in [0.2, 0.25) is 0 Å². The van der Waals surface area contributed by atoms with Crippen LogP contribution < -0.4 is 0 Å². The highest BCUT2D eigenvalue weighted by Gasteiger charge is 1.95. The zero-order valence-electron chi connectivity index (χ0n) is 9.72. The van der Waals surface area contributed by atoms with Crippen LogP contribution in [0.3, 0.4) is 0 Å². The Morgan fingerprint density at radius 2 is 1.00 bits per heavy atom. The minimum Gasteiger partial charge on any atom is -0.0919 e. The number of allylic oxidation sites excluding steroid dienone is 2. The van der Waals surface area contributed by atoms with Gasteiger partial charge in [0.05, 0.1) is 0 Å². The van der Waals surface area contributed by atoms with Crippen molar-refractivity contribution in [3.63, 3.8) is 0 Å². The molecule has 12 heavy (non-hydrogen) atoms. The van der Waals surface area contributed by atoms with E-state index in [2.05, 4.69) is 27.7 Å². The van der Waals surface area contributed by atoms with Gasteiger partial charge in [-0.05, 0) is 25.7 Å². The molecule has 0 nitrogen and oxygen atoms in total. The van der Waals surface area contributed by atoms with Gasteiger partial charge in [0.15, 0.2) is 0 Å². The van der Waals surface area contributed by atoms with Crippen LogP contribution in [0.4, 0.5) is 0 Å². The Kier molecular flexibility index (Phi) is 12.8. The van der Waals surface area contributed by atoms with Crippen LogP contribution in [-0.4, -0.2) is 0 Å². The first-order valence-corrected chi connectivity index (χ1v) is 5.11. The monoisotopic (exact) mass is 170 g/mol. The lowest BCUT2D eigenvalue weighted by atomic mass is 10.0. The van der Waals surface area contributed by atoms with E-state index in [4.69, 9.17) is 0 Å². The number of hydrogen-bond acceptors (Lipinski definition) is 0. The summed E-state index contributed by atoms with van der Waals surface area (Å²) in [6.07, 6.45) is 6.77. The van der Waals surface area contributed by atoms with E-state index >= 15 is 0 Å². The van der Waals surface area contributed by atoms with Gasteiger partial charge in [-0.3, -0.25) is 0 Å². The highest BCUT2D eigenvalue weighted by Crippen LogP contribution is 2.09. The highest BCUT2D eigenvalue weighted by atomic mass is 14.0. The van der Waals surface area contributed by atoms with Gasteiger partial charge in [-0.25, -0.2) is 0 Å². The first-order chi connectivity index (χ1) is 5.54. The van der Waals surface area contributed by atoms with E-state index in [0.29, 0.717) is 0 Å². The first-order valence-electron chi connectivity index (χ1n) is 5.11. The normalized spacial score (nSPS) is 10.7. The second-order valence-corrected chi connectivity index (χ2v) is 4.03. The van der Waals surface area contributed by atoms with E-state index in [9.17, 15) is 0 Å². The van der Waals surface area contributed by atoms with Crippen molar-refractivity contribution in [3.8, 4) is 0 Å². The van der Waals surface area contributed by atoms with E-state index in [1.54, 1.807) is 0 Å². The van der Waals surface area contributed by atoms with Gasteiger partial charge in [-0.2, -0.15) is 0 Å². The summed E-state index contributed by atoms with van der Waals surface area (Å²) in [6.45, 7) is 13.1. The topological polar surface area (TPSA) is 0 Å². The Balaban J connectivity index is 0. The SMILES string of the molecule is C/C=C\C.CC(C)CCC(C)C. The third kappa shape index (κ3) is 22.6. The molecule has 0 bridgehead atoms. The fourth-order valence-corrected chi connectivity index (χ4v) is 0.667. The summed E-state index contributed by atoms with van der Waals surface area (Å²) >= 11 is 0. The smallest absolute Gasteiger partial charge is 0.0470 e. The fourth-order valence-electron chi connectivity index (χ4n) is 0.667. The van der Waals surface area contributed by atoms with Gasteiger partial charge in [0.2, 0.25) is 0 Å². The number of rotatable bonds is 3. The van der Waals surface area contributed by atoms with Crippen molar-refractivity contribution < 1.29 is 0 Å². The maximum absolute atomic E-state index is 2.28. The van der Waals surface area contributed by atoms with E-state index < -0.39 is 0 Å². The first kappa shape index (κ1) is 14.3. The molecule has 0 N–H and O–H groups in total. The maximum Gasteiger partial charge on any atom is -0.0470 e. The summed E-state index contributed by atoms with van der Waals surface area (Å²) < 4.78 is 0. The molecule has 0 heteroatoms. The third-order valence-corrected chi connectivity index (χ3v) is 1.65. The summed E-state index contributed by atoms with van der Waals surface area (Å²) in [7, 11) is 0. The average Bonchev–Trinajstić information content (AvgIpc) is 2.01. The van der Waals surface area contributed by atoms with Crippen LogP contribution in [0.15, 0.2) is 12.2 Å². The van der Waals surface area contributed by atoms with Crippen molar-refractivity contribution in [2.75, 3.05) is 0 Å². The van der Waals surface area contributed by atoms with E-state index in [1.165, 1.54) is 12.8 Å². The Bertz CT molecular complexity index is 76.2. The van der Waals surface area contributed by atoms with Gasteiger partial charge >= 0.3 is 0 Å². The molecular weight excluding hydrogens is 144 g/mol. The molecule has 74 valence electrons. The largest absolute Gasteiger partial charge is 0.0919 e. The Hall–Kier alpha value is -0.260. The molecule has 0 aliphatic heterocycles. The molecule has 0 aliphatic carbocycles. The molecule has 0 aromatic carbocycles. The predicted octanol–water partition coefficient (Wildman–Crippen LogP) is 4.66. The molecule has 0 aliphatic rings. The van der Waals surface area contributed by atoms with Crippen LogP contribution in [0.1, 0.15) is 54.4 Å². The van der Waals surface area contributed by atoms with Gasteiger partial charge in [0.1, 0.15) is 0 Å². The third-order valence-electron chi connectivity index (χ3n) is 1.65. The quantitative estimate of drug-likeness (QED) is 0.540. The van der Waals surface area contributed by atoms with Gasteiger partial charge < -0.3 is 0 Å². The van der Waals surface area contributed by atoms with Crippen molar-refractivity contribution in [2.45, 2.75) is 54.4 Å². The number of hydrogen-bond donors (Lipinski definition) is 0. The minimum absolute atomic E-state index is 0.886. The lowest BCUT2D eigenvalue weighted by Crippen LogP contribution is -1.91. The predicted molar refractivity (Wildman–Crippen MR) is 59.4 cm³/mol. The van der Waals surface area contributed by atoms with E-state index in [1.807, 2.05) is 26.0 Å². The zero-order chi connectivity index (χ0) is 9.98. The minimum atomic E-state index is 0.886. The second-order valence-electron chi connectivity index (χ2n) is 4.03. The van der Waals surface area contributed by atoms with Crippen molar-refractivity contribution >= 4 is 0 Å². The Labute approximate surface area is 79.1 Å². The molecule has 0 radical (unpaired) electrons. The van der Waals surface area contributed by atoms with Crippen LogP contribution in [-0.2, 0) is 0 Å². The molecule has 0 aromatic heterocycles. The maximum atomic E-state index is 2.28. The summed E-state index contributed by atoms with van der Waals surface area (Å²) in [5.74, 6) is 1.77. The van der Waals surface area contributed by atoms with Crippen molar-refractivity contribution in [3.05, 3.63) is 12.2 Å². The van der Waals surface area contributed by atoms with Gasteiger partial charge in [0.25, 0.3) is 0 Å². The summed E-state index contributed by atoms with van der Waals surface area (Å²) in [5.41, 5.74) is 0. The van der Waals surface area contributed by atoms with Crippen LogP contribution in [0.5, 0.6) is 0 Å². The lowest BCUT2D eigenvalue weighted by molar-refractivity contribution is 0.476. The molecule has 0 spiro atoms. The molecule has 0 amide bonds. The van der Waals surface area contributed by atoms with Crippen molar-refractivity contribution in [2.24, 2.45) is 11.8 Å². The van der Waals surface area contributed by atoms with Crippen molar-refractivity contribution in [1.29, 1.82) is 0 Å². The average molecular weight is 170 g/mol. The molecule has 0 unspecified atom stereocenters. The fraction of sp³-hybridized carbons (Fsp3) is 0.833. The lowest BCUT2D eigenvalue weighted by Gasteiger charge is -2.05. The van der Waals surface area contributed by atoms with Gasteiger partial charge in [0, 0.05) is 0 Å². The van der Waals surface area contributed by atoms with Crippen molar-refractivity contribution in [1.82, 2.24) is 0 Å². The Morgan fingerprint density at radius 3 is 1.08 bits per heavy atom. The summed E-state index contributed by atoms with van der Waals surface area (Å²) in [4.78, 5) is 0. The Morgan fingerprint density at radius 1 is 0.750 bits per heavy atom. The molecular formula is C12H26. The van der Waals surface area contributed by atoms with Gasteiger partial charge in [-0.1, -0.05) is 52.7 Å². The standard InChI is InChI=1S/C8H18.C4H8/c1-7(2)5-6-8(3)4;1-3-4-2/h7-8H,5-6H2,1-4H3;3-4H,1-2H3/b;4-3-. The summed E-state index contributed by atoms with van der Waals surface area (Å²) in [6, 6.07) is 0. The van der Waals surface area contributed by atoms with Crippen LogP contribution in [0.25, 0.3) is 0 Å².